The molecule has 1 unspecified atom stereocenters. The van der Waals surface area contributed by atoms with Gasteiger partial charge < -0.3 is 15.5 Å². The molecular formula is C24H35N5O5S. The molecule has 1 saturated heterocycles. The highest BCUT2D eigenvalue weighted by Crippen LogP contribution is 2.45. The fraction of sp³-hybridized carbons (Fsp3) is 0.583. The lowest BCUT2D eigenvalue weighted by atomic mass is 9.83. The zero-order valence-corrected chi connectivity index (χ0v) is 21.3. The number of carbonyl (C=O) groups excluding carboxylic acids is 4. The molecule has 3 rings (SSSR count). The first-order valence-corrected chi connectivity index (χ1v) is 13.2. The Hall–Kier alpha value is -2.63. The molecule has 35 heavy (non-hydrogen) atoms. The number of piperazine rings is 1. The molecule has 1 aliphatic carbocycles. The van der Waals surface area contributed by atoms with Crippen molar-refractivity contribution in [2.75, 3.05) is 31.9 Å². The van der Waals surface area contributed by atoms with Crippen LogP contribution in [0, 0.1) is 0 Å². The van der Waals surface area contributed by atoms with Gasteiger partial charge in [0.15, 0.2) is 17.1 Å². The van der Waals surface area contributed by atoms with Crippen LogP contribution in [0.1, 0.15) is 56.1 Å². The predicted molar refractivity (Wildman–Crippen MR) is 134 cm³/mol. The highest BCUT2D eigenvalue weighted by Gasteiger charge is 2.65. The van der Waals surface area contributed by atoms with Crippen LogP contribution in [-0.4, -0.2) is 72.2 Å². The number of hydrogen-bond acceptors (Lipinski definition) is 8. The van der Waals surface area contributed by atoms with E-state index in [1.807, 2.05) is 6.26 Å². The summed E-state index contributed by atoms with van der Waals surface area (Å²) < 4.78 is 0. The Balaban J connectivity index is 2.11. The van der Waals surface area contributed by atoms with Gasteiger partial charge in [0.05, 0.1) is 11.6 Å². The summed E-state index contributed by atoms with van der Waals surface area (Å²) in [5.41, 5.74) is 2.60. The minimum Gasteiger partial charge on any atom is -0.341 e. The molecule has 1 aromatic rings. The molecule has 5 N–H and O–H groups in total. The highest BCUT2D eigenvalue weighted by atomic mass is 32.2. The molecule has 3 amide bonds. The quantitative estimate of drug-likeness (QED) is 0.107. The smallest absolute Gasteiger partial charge is 0.318 e. The second-order valence-corrected chi connectivity index (χ2v) is 9.64. The van der Waals surface area contributed by atoms with Gasteiger partial charge in [-0.25, -0.2) is 4.79 Å². The van der Waals surface area contributed by atoms with Crippen LogP contribution in [0.4, 0.5) is 10.5 Å². The third kappa shape index (κ3) is 4.76. The number of unbranched alkanes of at least 4 members (excludes halogenated alkanes) is 3. The van der Waals surface area contributed by atoms with Crippen molar-refractivity contribution in [3.05, 3.63) is 23.3 Å². The van der Waals surface area contributed by atoms with Gasteiger partial charge in [0.1, 0.15) is 6.17 Å². The second-order valence-electron chi connectivity index (χ2n) is 8.83. The summed E-state index contributed by atoms with van der Waals surface area (Å²) in [5.74, 6) is -1.59. The highest BCUT2D eigenvalue weighted by molar-refractivity contribution is 7.98. The second kappa shape index (κ2) is 11.9. The fourth-order valence-corrected chi connectivity index (χ4v) is 6.20. The van der Waals surface area contributed by atoms with Gasteiger partial charge in [0, 0.05) is 31.5 Å². The van der Waals surface area contributed by atoms with Crippen molar-refractivity contribution < 1.29 is 24.4 Å². The number of carbonyl (C=O) groups is 4. The van der Waals surface area contributed by atoms with Gasteiger partial charge in [0.25, 0.3) is 0 Å². The SMILES string of the molecule is CCCCCCc1c([C@H]2CC(=O)[C@]3(C2=O)C(NC=O)NCCN3C(=O)NC)ccc(NO)c1SC. The first kappa shape index (κ1) is 27.0. The zero-order chi connectivity index (χ0) is 25.6. The maximum absolute atomic E-state index is 14.2. The lowest BCUT2D eigenvalue weighted by Gasteiger charge is -2.47. The normalized spacial score (nSPS) is 24.1. The maximum Gasteiger partial charge on any atom is 0.318 e. The summed E-state index contributed by atoms with van der Waals surface area (Å²) in [4.78, 5) is 54.1. The van der Waals surface area contributed by atoms with E-state index < -0.39 is 35.2 Å². The van der Waals surface area contributed by atoms with E-state index in [-0.39, 0.29) is 13.0 Å². The van der Waals surface area contributed by atoms with Crippen LogP contribution < -0.4 is 21.4 Å². The van der Waals surface area contributed by atoms with Crippen LogP contribution in [0.3, 0.4) is 0 Å². The van der Waals surface area contributed by atoms with E-state index in [9.17, 15) is 24.4 Å². The molecule has 0 bridgehead atoms. The minimum atomic E-state index is -1.84. The fourth-order valence-electron chi connectivity index (χ4n) is 5.40. The number of rotatable bonds is 10. The molecule has 10 nitrogen and oxygen atoms in total. The van der Waals surface area contributed by atoms with Crippen LogP contribution in [0.25, 0.3) is 0 Å². The zero-order valence-electron chi connectivity index (χ0n) is 20.5. The van der Waals surface area contributed by atoms with Gasteiger partial charge in [0.2, 0.25) is 6.41 Å². The molecule has 0 aromatic heterocycles. The van der Waals surface area contributed by atoms with Crippen LogP contribution in [-0.2, 0) is 20.8 Å². The number of nitrogens with one attached hydrogen (secondary N) is 4. The maximum atomic E-state index is 14.2. The average Bonchev–Trinajstić information content (AvgIpc) is 3.12. The van der Waals surface area contributed by atoms with Gasteiger partial charge in [-0.2, -0.15) is 0 Å². The number of anilines is 1. The van der Waals surface area contributed by atoms with Crippen LogP contribution in [0.5, 0.6) is 0 Å². The minimum absolute atomic E-state index is 0.0767. The van der Waals surface area contributed by atoms with Crippen molar-refractivity contribution in [3.8, 4) is 0 Å². The Morgan fingerprint density at radius 2 is 2.09 bits per heavy atom. The van der Waals surface area contributed by atoms with E-state index in [2.05, 4.69) is 28.4 Å². The topological polar surface area (TPSA) is 140 Å². The number of urea groups is 1. The number of benzene rings is 1. The molecular weight excluding hydrogens is 470 g/mol. The van der Waals surface area contributed by atoms with E-state index >= 15 is 0 Å². The number of amides is 3. The number of thioether (sulfide) groups is 1. The number of nitrogens with zero attached hydrogens (tertiary/aromatic N) is 1. The van der Waals surface area contributed by atoms with Crippen molar-refractivity contribution in [3.63, 3.8) is 0 Å². The first-order chi connectivity index (χ1) is 16.9. The number of hydrogen-bond donors (Lipinski definition) is 5. The van der Waals surface area contributed by atoms with Crippen molar-refractivity contribution in [2.45, 2.75) is 68.0 Å². The van der Waals surface area contributed by atoms with Gasteiger partial charge >= 0.3 is 6.03 Å². The standard InChI is InChI=1S/C24H35N5O5S/c1-4-5-6-7-8-16-15(9-10-18(28-34)20(16)35-3)17-13-19(31)24(21(17)32)22(27-14-30)26-11-12-29(24)23(33)25-2/h9-10,14,17,22,26,28,34H,4-8,11-13H2,1-3H3,(H,25,33)(H,27,30)/t17-,22?,24+/m1/s1. The Kier molecular flexibility index (Phi) is 9.15. The van der Waals surface area contributed by atoms with Crippen molar-refractivity contribution in [1.82, 2.24) is 20.9 Å². The van der Waals surface area contributed by atoms with Gasteiger partial charge in [-0.1, -0.05) is 32.3 Å². The van der Waals surface area contributed by atoms with Gasteiger partial charge in [-0.05, 0) is 36.3 Å². The Morgan fingerprint density at radius 1 is 1.31 bits per heavy atom. The monoisotopic (exact) mass is 505 g/mol. The third-order valence-electron chi connectivity index (χ3n) is 7.00. The van der Waals surface area contributed by atoms with Crippen molar-refractivity contribution in [2.24, 2.45) is 0 Å². The molecule has 3 atom stereocenters. The molecule has 1 aliphatic heterocycles. The first-order valence-electron chi connectivity index (χ1n) is 12.0. The predicted octanol–water partition coefficient (Wildman–Crippen LogP) is 2.01. The molecule has 1 saturated carbocycles. The van der Waals surface area contributed by atoms with Crippen LogP contribution in [0.15, 0.2) is 17.0 Å². The Morgan fingerprint density at radius 3 is 2.71 bits per heavy atom. The lowest BCUT2D eigenvalue weighted by molar-refractivity contribution is -0.141. The molecule has 1 heterocycles. The molecule has 11 heteroatoms. The van der Waals surface area contributed by atoms with Gasteiger partial charge in [-0.3, -0.25) is 30.4 Å². The van der Waals surface area contributed by atoms with Crippen LogP contribution in [0.2, 0.25) is 0 Å². The van der Waals surface area contributed by atoms with E-state index in [1.54, 1.807) is 12.1 Å². The molecule has 1 spiro atoms. The van der Waals surface area contributed by atoms with Crippen molar-refractivity contribution in [1.29, 1.82) is 0 Å². The summed E-state index contributed by atoms with van der Waals surface area (Å²) in [7, 11) is 1.45. The summed E-state index contributed by atoms with van der Waals surface area (Å²) in [6.07, 6.45) is 6.05. The third-order valence-corrected chi connectivity index (χ3v) is 7.88. The van der Waals surface area contributed by atoms with E-state index in [0.717, 1.165) is 41.7 Å². The number of Topliss-reactive ketones (excluding diaryl/α,β-unsaturated/α-hetero) is 2. The summed E-state index contributed by atoms with van der Waals surface area (Å²) >= 11 is 1.47. The summed E-state index contributed by atoms with van der Waals surface area (Å²) in [5, 5.41) is 17.8. The van der Waals surface area contributed by atoms with E-state index in [4.69, 9.17) is 0 Å². The molecule has 0 radical (unpaired) electrons. The average molecular weight is 506 g/mol. The van der Waals surface area contributed by atoms with E-state index in [1.165, 1.54) is 23.7 Å². The molecule has 1 aromatic carbocycles. The Bertz CT molecular complexity index is 974. The largest absolute Gasteiger partial charge is 0.341 e. The molecule has 2 aliphatic rings. The van der Waals surface area contributed by atoms with E-state index in [0.29, 0.717) is 25.1 Å². The van der Waals surface area contributed by atoms with Crippen LogP contribution >= 0.6 is 11.8 Å². The molecule has 2 fully saturated rings. The molecule has 192 valence electrons. The van der Waals surface area contributed by atoms with Gasteiger partial charge in [-0.15, -0.1) is 11.8 Å². The summed E-state index contributed by atoms with van der Waals surface area (Å²) in [6.45, 7) is 2.60. The Labute approximate surface area is 209 Å². The summed E-state index contributed by atoms with van der Waals surface area (Å²) in [6, 6.07) is 2.94. The number of ketones is 2. The van der Waals surface area contributed by atoms with Crippen molar-refractivity contribution >= 4 is 41.5 Å². The lowest BCUT2D eigenvalue weighted by Crippen LogP contribution is -2.77.